The largest absolute Gasteiger partial charge is 0.591 e. The summed E-state index contributed by atoms with van der Waals surface area (Å²) in [5.41, 5.74) is 4.20. The number of nitrogens with two attached hydrogens (primary N) is 1. The van der Waals surface area contributed by atoms with Gasteiger partial charge in [0.05, 0.1) is 0 Å². The molecule has 0 bridgehead atoms. The van der Waals surface area contributed by atoms with Crippen molar-refractivity contribution >= 4 is 6.03 Å². The van der Waals surface area contributed by atoms with Crippen LogP contribution >= 0.6 is 0 Å². The molecule has 0 aromatic heterocycles. The Balaban J connectivity index is 3.26. The normalized spacial score (nSPS) is 13.7. The van der Waals surface area contributed by atoms with E-state index in [0.717, 1.165) is 0 Å². The average Bonchev–Trinajstić information content (AvgIpc) is 1.36. The van der Waals surface area contributed by atoms with Crippen LogP contribution in [0.3, 0.4) is 0 Å². The number of quaternary nitrogens is 1. The minimum absolute atomic E-state index is 1.32. The molecule has 0 rings (SSSR count). The van der Waals surface area contributed by atoms with Gasteiger partial charge in [-0.2, -0.15) is 0 Å². The van der Waals surface area contributed by atoms with Crippen molar-refractivity contribution < 1.29 is 15.2 Å². The van der Waals surface area contributed by atoms with Gasteiger partial charge in [0, 0.05) is 0 Å². The van der Waals surface area contributed by atoms with Crippen LogP contribution in [0.25, 0.3) is 0 Å². The average molecular weight is 92.1 g/mol. The number of primary amides is 1. The highest BCUT2D eigenvalue weighted by Gasteiger charge is 1.94. The molecule has 0 saturated heterocycles. The van der Waals surface area contributed by atoms with Crippen LogP contribution in [-0.4, -0.2) is 11.2 Å². The summed E-state index contributed by atoms with van der Waals surface area (Å²) < 4.78 is 0. The van der Waals surface area contributed by atoms with Gasteiger partial charge in [-0.05, 0) is 0 Å². The minimum atomic E-state index is -1.60. The van der Waals surface area contributed by atoms with Gasteiger partial charge in [0.25, 0.3) is 0 Å². The van der Waals surface area contributed by atoms with Gasteiger partial charge in [-0.15, -0.1) is 5.23 Å². The second kappa shape index (κ2) is 1.71. The van der Waals surface area contributed by atoms with Crippen molar-refractivity contribution in [3.05, 3.63) is 5.21 Å². The fraction of sp³-hybridized carbons (Fsp3) is 0. The molecule has 0 aliphatic heterocycles. The van der Waals surface area contributed by atoms with E-state index in [1.807, 2.05) is 0 Å². The summed E-state index contributed by atoms with van der Waals surface area (Å²) in [6.45, 7) is 0. The predicted molar refractivity (Wildman–Crippen MR) is 15.7 cm³/mol. The molecule has 1 unspecified atom stereocenters. The zero-order valence-corrected chi connectivity index (χ0v) is 2.84. The molecule has 0 heterocycles. The summed E-state index contributed by atoms with van der Waals surface area (Å²) in [7, 11) is 0. The van der Waals surface area contributed by atoms with Gasteiger partial charge in [-0.1, -0.05) is 0 Å². The molecule has 0 fully saturated rings. The summed E-state index contributed by atoms with van der Waals surface area (Å²) in [6.07, 6.45) is 0. The first-order valence-electron chi connectivity index (χ1n) is 1.17. The third-order valence-electron chi connectivity index (χ3n) is 0.211. The van der Waals surface area contributed by atoms with E-state index < -0.39 is 11.3 Å². The quantitative estimate of drug-likeness (QED) is 0.235. The highest BCUT2D eigenvalue weighted by Crippen LogP contribution is 1.31. The van der Waals surface area contributed by atoms with Crippen LogP contribution in [0.2, 0.25) is 0 Å². The monoisotopic (exact) mass is 92.0 g/mol. The Bertz CT molecular complexity index is 59.8. The number of amides is 2. The first-order valence-corrected chi connectivity index (χ1v) is 1.17. The molecule has 5 nitrogen and oxygen atoms in total. The molecule has 0 aliphatic carbocycles. The van der Waals surface area contributed by atoms with E-state index in [1.165, 1.54) is 0 Å². The summed E-state index contributed by atoms with van der Waals surface area (Å²) in [4.78, 5) is 9.32. The molecule has 2 amide bonds. The lowest BCUT2D eigenvalue weighted by Crippen LogP contribution is -3.09. The molecular weight excluding hydrogens is 88.0 g/mol. The lowest BCUT2D eigenvalue weighted by atomic mass is 11.1. The number of rotatable bonds is 0. The third-order valence-corrected chi connectivity index (χ3v) is 0.211. The van der Waals surface area contributed by atoms with E-state index in [2.05, 4.69) is 5.73 Å². The van der Waals surface area contributed by atoms with E-state index in [4.69, 9.17) is 5.21 Å². The van der Waals surface area contributed by atoms with Crippen LogP contribution in [0.4, 0.5) is 4.79 Å². The molecule has 4 N–H and O–H groups in total. The Kier molecular flexibility index (Phi) is 1.52. The SMILES string of the molecule is NC(=O)[NH+]([O-])O. The Morgan fingerprint density at radius 3 is 2.17 bits per heavy atom. The molecular formula is CH4N2O3. The van der Waals surface area contributed by atoms with Crippen molar-refractivity contribution in [1.29, 1.82) is 0 Å². The fourth-order valence-corrected chi connectivity index (χ4v) is 0. The Morgan fingerprint density at radius 1 is 2.00 bits per heavy atom. The molecule has 1 atom stereocenters. The number of hydrogen-bond donors (Lipinski definition) is 3. The molecule has 0 aliphatic rings. The molecule has 0 saturated carbocycles. The van der Waals surface area contributed by atoms with Gasteiger partial charge in [0.15, 0.2) is 0 Å². The lowest BCUT2D eigenvalue weighted by Gasteiger charge is -2.02. The van der Waals surface area contributed by atoms with Crippen LogP contribution in [0.15, 0.2) is 0 Å². The van der Waals surface area contributed by atoms with Gasteiger partial charge in [0.2, 0.25) is 0 Å². The first kappa shape index (κ1) is 5.35. The molecule has 0 spiro atoms. The second-order valence-electron chi connectivity index (χ2n) is 0.669. The van der Waals surface area contributed by atoms with Crippen molar-refractivity contribution in [3.8, 4) is 0 Å². The van der Waals surface area contributed by atoms with E-state index in [-0.39, 0.29) is 0 Å². The Labute approximate surface area is 33.5 Å². The minimum Gasteiger partial charge on any atom is -0.591 e. The van der Waals surface area contributed by atoms with E-state index in [9.17, 15) is 10.0 Å². The van der Waals surface area contributed by atoms with Crippen LogP contribution in [0.1, 0.15) is 0 Å². The van der Waals surface area contributed by atoms with Gasteiger partial charge >= 0.3 is 6.03 Å². The number of carbonyl (C=O) groups excluding carboxylic acids is 1. The lowest BCUT2D eigenvalue weighted by molar-refractivity contribution is -0.974. The molecule has 0 radical (unpaired) electrons. The molecule has 6 heavy (non-hydrogen) atoms. The highest BCUT2D eigenvalue weighted by atomic mass is 16.8. The summed E-state index contributed by atoms with van der Waals surface area (Å²) in [5, 5.41) is 15.1. The Hall–Kier alpha value is -0.650. The smallest absolute Gasteiger partial charge is 0.445 e. The zero-order valence-electron chi connectivity index (χ0n) is 2.84. The second-order valence-corrected chi connectivity index (χ2v) is 0.669. The number of urea groups is 1. The van der Waals surface area contributed by atoms with Gasteiger partial charge < -0.3 is 10.9 Å². The summed E-state index contributed by atoms with van der Waals surface area (Å²) in [6, 6.07) is -1.32. The highest BCUT2D eigenvalue weighted by molar-refractivity contribution is 5.60. The van der Waals surface area contributed by atoms with E-state index in [0.29, 0.717) is 0 Å². The van der Waals surface area contributed by atoms with E-state index in [1.54, 1.807) is 0 Å². The maximum absolute atomic E-state index is 9.32. The number of nitrogens with one attached hydrogen (secondary N) is 1. The molecule has 0 aromatic rings. The zero-order chi connectivity index (χ0) is 5.15. The van der Waals surface area contributed by atoms with Crippen molar-refractivity contribution in [3.63, 3.8) is 0 Å². The number of hydroxylamine groups is 2. The van der Waals surface area contributed by atoms with Crippen molar-refractivity contribution in [2.45, 2.75) is 0 Å². The summed E-state index contributed by atoms with van der Waals surface area (Å²) >= 11 is 0. The van der Waals surface area contributed by atoms with Gasteiger partial charge in [-0.3, -0.25) is 0 Å². The van der Waals surface area contributed by atoms with Gasteiger partial charge in [0.1, 0.15) is 0 Å². The van der Waals surface area contributed by atoms with E-state index >= 15 is 0 Å². The van der Waals surface area contributed by atoms with Crippen LogP contribution in [-0.2, 0) is 0 Å². The van der Waals surface area contributed by atoms with Crippen molar-refractivity contribution in [2.75, 3.05) is 0 Å². The number of hydrogen-bond acceptors (Lipinski definition) is 3. The van der Waals surface area contributed by atoms with Crippen molar-refractivity contribution in [1.82, 2.24) is 0 Å². The third kappa shape index (κ3) is 1.65. The summed E-state index contributed by atoms with van der Waals surface area (Å²) in [5.74, 6) is 0. The number of carbonyl (C=O) groups is 1. The van der Waals surface area contributed by atoms with Crippen molar-refractivity contribution in [2.24, 2.45) is 5.73 Å². The maximum Gasteiger partial charge on any atom is 0.445 e. The van der Waals surface area contributed by atoms with Crippen LogP contribution in [0.5, 0.6) is 0 Å². The van der Waals surface area contributed by atoms with Crippen LogP contribution in [0, 0.1) is 5.21 Å². The standard InChI is InChI=1S/CH4N2O3/c2-1(4)3(5)6/h3,5H,(H2,2,4). The molecule has 36 valence electrons. The Morgan fingerprint density at radius 2 is 2.17 bits per heavy atom. The fourth-order valence-electron chi connectivity index (χ4n) is 0. The topological polar surface area (TPSA) is 90.8 Å². The predicted octanol–water partition coefficient (Wildman–Crippen LogP) is -2.16. The maximum atomic E-state index is 9.32. The first-order chi connectivity index (χ1) is 2.64. The van der Waals surface area contributed by atoms with Gasteiger partial charge in [-0.25, -0.2) is 10.0 Å². The molecule has 5 heteroatoms. The van der Waals surface area contributed by atoms with Crippen LogP contribution < -0.4 is 11.0 Å². The molecule has 0 aromatic carbocycles.